The van der Waals surface area contributed by atoms with Crippen LogP contribution >= 0.6 is 0 Å². The van der Waals surface area contributed by atoms with E-state index in [1.54, 1.807) is 27.0 Å². The number of para-hydroxylation sites is 1. The van der Waals surface area contributed by atoms with Crippen LogP contribution in [0.2, 0.25) is 0 Å². The molecule has 0 saturated heterocycles. The van der Waals surface area contributed by atoms with Crippen LogP contribution in [-0.4, -0.2) is 58.5 Å². The third kappa shape index (κ3) is 7.05. The molecule has 0 saturated carbocycles. The molecule has 7 N–H and O–H groups in total. The first-order chi connectivity index (χ1) is 16.0. The van der Waals surface area contributed by atoms with Crippen LogP contribution in [0.15, 0.2) is 30.5 Å². The van der Waals surface area contributed by atoms with Crippen LogP contribution in [0.25, 0.3) is 10.9 Å². The quantitative estimate of drug-likeness (QED) is 0.268. The van der Waals surface area contributed by atoms with Crippen LogP contribution in [0.5, 0.6) is 0 Å². The number of H-pyrrole nitrogens is 1. The van der Waals surface area contributed by atoms with Gasteiger partial charge in [0.1, 0.15) is 12.1 Å². The van der Waals surface area contributed by atoms with Crippen LogP contribution in [0.4, 0.5) is 0 Å². The summed E-state index contributed by atoms with van der Waals surface area (Å²) in [5, 5.41) is 17.9. The molecule has 2 aromatic rings. The Labute approximate surface area is 199 Å². The number of nitrogens with one attached hydrogen (secondary N) is 4. The maximum atomic E-state index is 12.7. The van der Waals surface area contributed by atoms with E-state index in [-0.39, 0.29) is 18.4 Å². The van der Waals surface area contributed by atoms with Crippen molar-refractivity contribution in [2.24, 2.45) is 17.6 Å². The number of hydrogen-bond acceptors (Lipinski definition) is 5. The molecule has 0 aliphatic rings. The second-order valence-electron chi connectivity index (χ2n) is 8.89. The number of hydrogen-bond donors (Lipinski definition) is 6. The molecule has 0 fully saturated rings. The number of aliphatic carboxylic acids is 1. The molecule has 10 nitrogen and oxygen atoms in total. The standard InChI is InChI=1S/C24H35N5O5/c1-5-14(4)21(23(32)29-20(13(2)3)24(33)34)28-19(30)12-27-22(31)17(25)10-15-11-26-18-9-7-6-8-16(15)18/h6-9,11,13-14,17,20-21,26H,5,10,12,25H2,1-4H3,(H,27,31)(H,28,30)(H,29,32)(H,33,34). The van der Waals surface area contributed by atoms with E-state index < -0.39 is 41.8 Å². The normalized spacial score (nSPS) is 14.8. The summed E-state index contributed by atoms with van der Waals surface area (Å²) in [6, 6.07) is 4.81. The first kappa shape index (κ1) is 26.8. The van der Waals surface area contributed by atoms with Crippen molar-refractivity contribution < 1.29 is 24.3 Å². The monoisotopic (exact) mass is 473 g/mol. The molecule has 1 aromatic carbocycles. The van der Waals surface area contributed by atoms with E-state index in [0.717, 1.165) is 16.5 Å². The highest BCUT2D eigenvalue weighted by atomic mass is 16.4. The summed E-state index contributed by atoms with van der Waals surface area (Å²) < 4.78 is 0. The molecule has 0 aliphatic carbocycles. The Hall–Kier alpha value is -3.40. The molecule has 186 valence electrons. The van der Waals surface area contributed by atoms with Crippen molar-refractivity contribution in [3.63, 3.8) is 0 Å². The first-order valence-electron chi connectivity index (χ1n) is 11.5. The lowest BCUT2D eigenvalue weighted by Gasteiger charge is -2.26. The summed E-state index contributed by atoms with van der Waals surface area (Å²) in [5.41, 5.74) is 7.88. The lowest BCUT2D eigenvalue weighted by atomic mass is 9.96. The maximum Gasteiger partial charge on any atom is 0.326 e. The number of benzene rings is 1. The minimum Gasteiger partial charge on any atom is -0.480 e. The fraction of sp³-hybridized carbons (Fsp3) is 0.500. The Kier molecular flexibility index (Phi) is 9.61. The van der Waals surface area contributed by atoms with Crippen molar-refractivity contribution in [2.75, 3.05) is 6.54 Å². The smallest absolute Gasteiger partial charge is 0.326 e. The largest absolute Gasteiger partial charge is 0.480 e. The topological polar surface area (TPSA) is 166 Å². The summed E-state index contributed by atoms with van der Waals surface area (Å²) in [6.45, 7) is 6.66. The van der Waals surface area contributed by atoms with Crippen LogP contribution in [0.1, 0.15) is 39.7 Å². The average Bonchev–Trinajstić information content (AvgIpc) is 3.20. The van der Waals surface area contributed by atoms with E-state index in [4.69, 9.17) is 5.73 Å². The van der Waals surface area contributed by atoms with Gasteiger partial charge in [0.25, 0.3) is 0 Å². The lowest BCUT2D eigenvalue weighted by Crippen LogP contribution is -2.56. The number of carbonyl (C=O) groups excluding carboxylic acids is 3. The van der Waals surface area contributed by atoms with Crippen molar-refractivity contribution in [3.05, 3.63) is 36.0 Å². The van der Waals surface area contributed by atoms with Gasteiger partial charge in [-0.1, -0.05) is 52.3 Å². The summed E-state index contributed by atoms with van der Waals surface area (Å²) in [4.78, 5) is 52.2. The number of carbonyl (C=O) groups is 4. The zero-order valence-corrected chi connectivity index (χ0v) is 20.1. The van der Waals surface area contributed by atoms with Crippen molar-refractivity contribution in [3.8, 4) is 0 Å². The Morgan fingerprint density at radius 2 is 1.71 bits per heavy atom. The zero-order chi connectivity index (χ0) is 25.4. The molecule has 4 unspecified atom stereocenters. The van der Waals surface area contributed by atoms with Crippen LogP contribution in [0.3, 0.4) is 0 Å². The van der Waals surface area contributed by atoms with Gasteiger partial charge in [0.2, 0.25) is 17.7 Å². The van der Waals surface area contributed by atoms with Crippen LogP contribution < -0.4 is 21.7 Å². The first-order valence-corrected chi connectivity index (χ1v) is 11.5. The predicted molar refractivity (Wildman–Crippen MR) is 129 cm³/mol. The molecule has 3 amide bonds. The molecule has 34 heavy (non-hydrogen) atoms. The highest BCUT2D eigenvalue weighted by molar-refractivity contribution is 5.93. The highest BCUT2D eigenvalue weighted by Crippen LogP contribution is 2.18. The van der Waals surface area contributed by atoms with Crippen molar-refractivity contribution in [1.29, 1.82) is 0 Å². The summed E-state index contributed by atoms with van der Waals surface area (Å²) in [5.74, 6) is -3.35. The van der Waals surface area contributed by atoms with E-state index in [9.17, 15) is 24.3 Å². The minimum atomic E-state index is -1.14. The zero-order valence-electron chi connectivity index (χ0n) is 20.1. The van der Waals surface area contributed by atoms with E-state index in [0.29, 0.717) is 12.8 Å². The van der Waals surface area contributed by atoms with Crippen molar-refractivity contribution in [1.82, 2.24) is 20.9 Å². The molecule has 0 spiro atoms. The van der Waals surface area contributed by atoms with Crippen LogP contribution in [-0.2, 0) is 25.6 Å². The summed E-state index contributed by atoms with van der Waals surface area (Å²) in [7, 11) is 0. The highest BCUT2D eigenvalue weighted by Gasteiger charge is 2.31. The molecular weight excluding hydrogens is 438 g/mol. The second kappa shape index (κ2) is 12.2. The predicted octanol–water partition coefficient (Wildman–Crippen LogP) is 0.910. The van der Waals surface area contributed by atoms with Gasteiger partial charge in [-0.2, -0.15) is 0 Å². The summed E-state index contributed by atoms with van der Waals surface area (Å²) in [6.07, 6.45) is 2.68. The van der Waals surface area contributed by atoms with E-state index in [2.05, 4.69) is 20.9 Å². The van der Waals surface area contributed by atoms with Crippen molar-refractivity contribution >= 4 is 34.6 Å². The van der Waals surface area contributed by atoms with E-state index in [1.807, 2.05) is 31.2 Å². The van der Waals surface area contributed by atoms with Gasteiger partial charge >= 0.3 is 5.97 Å². The number of aromatic nitrogens is 1. The molecule has 0 bridgehead atoms. The van der Waals surface area contributed by atoms with Gasteiger partial charge in [0.15, 0.2) is 0 Å². The third-order valence-electron chi connectivity index (χ3n) is 5.92. The molecule has 1 aromatic heterocycles. The lowest BCUT2D eigenvalue weighted by molar-refractivity contribution is -0.143. The maximum absolute atomic E-state index is 12.7. The fourth-order valence-corrected chi connectivity index (χ4v) is 3.61. The minimum absolute atomic E-state index is 0.245. The van der Waals surface area contributed by atoms with Gasteiger partial charge in [0, 0.05) is 17.1 Å². The molecule has 4 atom stereocenters. The Morgan fingerprint density at radius 3 is 2.32 bits per heavy atom. The van der Waals surface area contributed by atoms with Gasteiger partial charge in [-0.25, -0.2) is 4.79 Å². The number of fused-ring (bicyclic) bond motifs is 1. The second-order valence-corrected chi connectivity index (χ2v) is 8.89. The third-order valence-corrected chi connectivity index (χ3v) is 5.92. The number of rotatable bonds is 12. The molecule has 0 aliphatic heterocycles. The SMILES string of the molecule is CCC(C)C(NC(=O)CNC(=O)C(N)Cc1c[nH]c2ccccc12)C(=O)NC(C(=O)O)C(C)C. The number of carboxylic acids is 1. The fourth-order valence-electron chi connectivity index (χ4n) is 3.61. The number of amides is 3. The number of nitrogens with two attached hydrogens (primary N) is 1. The Bertz CT molecular complexity index is 1020. The van der Waals surface area contributed by atoms with Gasteiger partial charge < -0.3 is 31.8 Å². The molecular formula is C24H35N5O5. The summed E-state index contributed by atoms with van der Waals surface area (Å²) >= 11 is 0. The number of carboxylic acid groups (broad SMARTS) is 1. The number of aromatic amines is 1. The molecule has 2 rings (SSSR count). The van der Waals surface area contributed by atoms with Gasteiger partial charge in [0.05, 0.1) is 12.6 Å². The van der Waals surface area contributed by atoms with Gasteiger partial charge in [-0.05, 0) is 29.9 Å². The van der Waals surface area contributed by atoms with Gasteiger partial charge in [-0.15, -0.1) is 0 Å². The molecule has 10 heteroatoms. The van der Waals surface area contributed by atoms with Gasteiger partial charge in [-0.3, -0.25) is 14.4 Å². The molecule has 0 radical (unpaired) electrons. The Balaban J connectivity index is 1.93. The Morgan fingerprint density at radius 1 is 1.03 bits per heavy atom. The molecule has 1 heterocycles. The van der Waals surface area contributed by atoms with E-state index in [1.165, 1.54) is 0 Å². The van der Waals surface area contributed by atoms with Crippen molar-refractivity contribution in [2.45, 2.75) is 58.7 Å². The average molecular weight is 474 g/mol. The van der Waals surface area contributed by atoms with E-state index >= 15 is 0 Å². The van der Waals surface area contributed by atoms with Crippen LogP contribution in [0, 0.1) is 11.8 Å².